The summed E-state index contributed by atoms with van der Waals surface area (Å²) in [6.45, 7) is 0.517. The van der Waals surface area contributed by atoms with Crippen molar-refractivity contribution in [1.29, 1.82) is 0 Å². The van der Waals surface area contributed by atoms with Crippen molar-refractivity contribution < 1.29 is 19.8 Å². The first-order valence-electron chi connectivity index (χ1n) is 8.17. The maximum absolute atomic E-state index is 12.2. The van der Waals surface area contributed by atoms with Crippen molar-refractivity contribution in [1.82, 2.24) is 5.32 Å². The molecule has 2 aliphatic carbocycles. The van der Waals surface area contributed by atoms with Gasteiger partial charge in [0.05, 0.1) is 12.5 Å². The van der Waals surface area contributed by atoms with Crippen LogP contribution >= 0.6 is 0 Å². The summed E-state index contributed by atoms with van der Waals surface area (Å²) in [5, 5.41) is 21.8. The highest BCUT2D eigenvalue weighted by atomic mass is 16.4. The van der Waals surface area contributed by atoms with Crippen LogP contribution in [0, 0.1) is 11.3 Å². The number of hydrogen-bond acceptors (Lipinski definition) is 3. The van der Waals surface area contributed by atoms with E-state index < -0.39 is 5.97 Å². The van der Waals surface area contributed by atoms with Crippen LogP contribution in [-0.4, -0.2) is 34.7 Å². The van der Waals surface area contributed by atoms with Gasteiger partial charge in [0.25, 0.3) is 0 Å². The van der Waals surface area contributed by atoms with E-state index in [0.29, 0.717) is 13.0 Å². The van der Waals surface area contributed by atoms with E-state index in [9.17, 15) is 14.7 Å². The Balaban J connectivity index is 1.84. The van der Waals surface area contributed by atoms with Gasteiger partial charge in [-0.25, -0.2) is 0 Å². The second kappa shape index (κ2) is 7.25. The van der Waals surface area contributed by atoms with Crippen LogP contribution in [0.25, 0.3) is 0 Å². The van der Waals surface area contributed by atoms with E-state index >= 15 is 0 Å². The average Bonchev–Trinajstić information content (AvgIpc) is 2.82. The van der Waals surface area contributed by atoms with Crippen molar-refractivity contribution in [2.24, 2.45) is 11.3 Å². The minimum absolute atomic E-state index is 0.0581. The SMILES string of the molecule is O=C(O)CC1(CC(=O)NCC2CCCC2O)CCCCC1. The summed E-state index contributed by atoms with van der Waals surface area (Å²) in [4.78, 5) is 23.3. The number of carboxylic acids is 1. The maximum Gasteiger partial charge on any atom is 0.303 e. The van der Waals surface area contributed by atoms with Gasteiger partial charge < -0.3 is 15.5 Å². The summed E-state index contributed by atoms with van der Waals surface area (Å²) < 4.78 is 0. The van der Waals surface area contributed by atoms with Gasteiger partial charge in [-0.05, 0) is 31.1 Å². The van der Waals surface area contributed by atoms with Gasteiger partial charge in [0.2, 0.25) is 5.91 Å². The first-order valence-corrected chi connectivity index (χ1v) is 8.17. The van der Waals surface area contributed by atoms with E-state index in [1.807, 2.05) is 0 Å². The predicted octanol–water partition coefficient (Wildman–Crippen LogP) is 2.08. The molecule has 0 heterocycles. The number of carbonyl (C=O) groups is 2. The fraction of sp³-hybridized carbons (Fsp3) is 0.875. The van der Waals surface area contributed by atoms with E-state index in [1.54, 1.807) is 0 Å². The normalized spacial score (nSPS) is 28.2. The van der Waals surface area contributed by atoms with E-state index in [1.165, 1.54) is 0 Å². The van der Waals surface area contributed by atoms with Gasteiger partial charge in [-0.1, -0.05) is 25.7 Å². The zero-order valence-corrected chi connectivity index (χ0v) is 12.6. The van der Waals surface area contributed by atoms with Crippen molar-refractivity contribution in [3.8, 4) is 0 Å². The molecular weight excluding hydrogens is 270 g/mol. The molecule has 2 atom stereocenters. The molecule has 21 heavy (non-hydrogen) atoms. The molecule has 0 aliphatic heterocycles. The number of nitrogens with one attached hydrogen (secondary N) is 1. The largest absolute Gasteiger partial charge is 0.481 e. The van der Waals surface area contributed by atoms with Crippen LogP contribution in [0.4, 0.5) is 0 Å². The van der Waals surface area contributed by atoms with Crippen LogP contribution in [0.3, 0.4) is 0 Å². The molecule has 0 aromatic heterocycles. The average molecular weight is 297 g/mol. The fourth-order valence-electron chi connectivity index (χ4n) is 3.94. The minimum Gasteiger partial charge on any atom is -0.481 e. The topological polar surface area (TPSA) is 86.6 Å². The lowest BCUT2D eigenvalue weighted by Crippen LogP contribution is -2.38. The number of rotatable bonds is 6. The molecule has 5 nitrogen and oxygen atoms in total. The van der Waals surface area contributed by atoms with Crippen LogP contribution in [0.1, 0.15) is 64.2 Å². The Hall–Kier alpha value is -1.10. The summed E-state index contributed by atoms with van der Waals surface area (Å²) in [5.41, 5.74) is -0.359. The summed E-state index contributed by atoms with van der Waals surface area (Å²) in [6, 6.07) is 0. The molecule has 0 bridgehead atoms. The lowest BCUT2D eigenvalue weighted by molar-refractivity contribution is -0.141. The predicted molar refractivity (Wildman–Crippen MR) is 78.7 cm³/mol. The molecule has 0 radical (unpaired) electrons. The highest BCUT2D eigenvalue weighted by molar-refractivity contribution is 5.78. The molecule has 2 saturated carbocycles. The molecule has 2 aliphatic rings. The Kier molecular flexibility index (Phi) is 5.62. The molecule has 2 unspecified atom stereocenters. The molecule has 2 fully saturated rings. The number of hydrogen-bond donors (Lipinski definition) is 3. The summed E-state index contributed by atoms with van der Waals surface area (Å²) in [7, 11) is 0. The number of aliphatic hydroxyl groups excluding tert-OH is 1. The zero-order chi connectivity index (χ0) is 15.3. The van der Waals surface area contributed by atoms with Crippen molar-refractivity contribution in [3.05, 3.63) is 0 Å². The highest BCUT2D eigenvalue weighted by Gasteiger charge is 2.36. The molecule has 1 amide bonds. The second-order valence-corrected chi connectivity index (χ2v) is 6.87. The lowest BCUT2D eigenvalue weighted by atomic mass is 9.69. The first-order chi connectivity index (χ1) is 10.0. The van der Waals surface area contributed by atoms with E-state index in [0.717, 1.165) is 51.4 Å². The second-order valence-electron chi connectivity index (χ2n) is 6.87. The maximum atomic E-state index is 12.2. The van der Waals surface area contributed by atoms with Crippen LogP contribution in [0.2, 0.25) is 0 Å². The monoisotopic (exact) mass is 297 g/mol. The molecule has 0 aromatic rings. The number of carbonyl (C=O) groups excluding carboxylic acids is 1. The van der Waals surface area contributed by atoms with Crippen molar-refractivity contribution in [2.45, 2.75) is 70.3 Å². The van der Waals surface area contributed by atoms with Crippen molar-refractivity contribution in [3.63, 3.8) is 0 Å². The molecule has 120 valence electrons. The van der Waals surface area contributed by atoms with Crippen molar-refractivity contribution >= 4 is 11.9 Å². The number of aliphatic hydroxyl groups is 1. The van der Waals surface area contributed by atoms with Crippen LogP contribution in [0.5, 0.6) is 0 Å². The van der Waals surface area contributed by atoms with Gasteiger partial charge in [-0.15, -0.1) is 0 Å². The smallest absolute Gasteiger partial charge is 0.303 e. The van der Waals surface area contributed by atoms with Gasteiger partial charge in [0, 0.05) is 18.9 Å². The number of aliphatic carboxylic acids is 1. The fourth-order valence-corrected chi connectivity index (χ4v) is 3.94. The van der Waals surface area contributed by atoms with Gasteiger partial charge >= 0.3 is 5.97 Å². The Labute approximate surface area is 126 Å². The molecule has 0 spiro atoms. The molecule has 0 aromatic carbocycles. The third-order valence-electron chi connectivity index (χ3n) is 5.16. The summed E-state index contributed by atoms with van der Waals surface area (Å²) >= 11 is 0. The van der Waals surface area contributed by atoms with Crippen LogP contribution < -0.4 is 5.32 Å². The lowest BCUT2D eigenvalue weighted by Gasteiger charge is -2.35. The zero-order valence-electron chi connectivity index (χ0n) is 12.6. The van der Waals surface area contributed by atoms with Crippen LogP contribution in [0.15, 0.2) is 0 Å². The van der Waals surface area contributed by atoms with E-state index in [-0.39, 0.29) is 29.8 Å². The van der Waals surface area contributed by atoms with Gasteiger partial charge in [-0.3, -0.25) is 9.59 Å². The Morgan fingerprint density at radius 3 is 2.33 bits per heavy atom. The summed E-state index contributed by atoms with van der Waals surface area (Å²) in [6.07, 6.45) is 7.73. The molecule has 3 N–H and O–H groups in total. The number of amides is 1. The van der Waals surface area contributed by atoms with E-state index in [2.05, 4.69) is 5.32 Å². The third kappa shape index (κ3) is 4.70. The van der Waals surface area contributed by atoms with Gasteiger partial charge in [-0.2, -0.15) is 0 Å². The van der Waals surface area contributed by atoms with Gasteiger partial charge in [0.1, 0.15) is 0 Å². The number of carboxylic acid groups (broad SMARTS) is 1. The molecule has 5 heteroatoms. The first kappa shape index (κ1) is 16.3. The van der Waals surface area contributed by atoms with Gasteiger partial charge in [0.15, 0.2) is 0 Å². The Bertz CT molecular complexity index is 376. The standard InChI is InChI=1S/C16H27NO4/c18-13-6-4-5-12(13)11-17-14(19)9-16(10-15(20)21)7-2-1-3-8-16/h12-13,18H,1-11H2,(H,17,19)(H,20,21). The Morgan fingerprint density at radius 1 is 1.05 bits per heavy atom. The minimum atomic E-state index is -0.809. The highest BCUT2D eigenvalue weighted by Crippen LogP contribution is 2.42. The van der Waals surface area contributed by atoms with Crippen LogP contribution in [-0.2, 0) is 9.59 Å². The Morgan fingerprint density at radius 2 is 1.76 bits per heavy atom. The quantitative estimate of drug-likeness (QED) is 0.700. The van der Waals surface area contributed by atoms with Crippen molar-refractivity contribution in [2.75, 3.05) is 6.54 Å². The van der Waals surface area contributed by atoms with E-state index in [4.69, 9.17) is 5.11 Å². The molecular formula is C16H27NO4. The molecule has 2 rings (SSSR count). The summed E-state index contributed by atoms with van der Waals surface area (Å²) in [5.74, 6) is -0.705. The third-order valence-corrected chi connectivity index (χ3v) is 5.16. The molecule has 0 saturated heterocycles.